The molecule has 0 aliphatic heterocycles. The van der Waals surface area contributed by atoms with E-state index < -0.39 is 13.7 Å². The van der Waals surface area contributed by atoms with Crippen LogP contribution in [0.3, 0.4) is 0 Å². The quantitative estimate of drug-likeness (QED) is 0.733. The van der Waals surface area contributed by atoms with Gasteiger partial charge in [-0.3, -0.25) is 4.79 Å². The van der Waals surface area contributed by atoms with Gasteiger partial charge in [0.25, 0.3) is 0 Å². The fourth-order valence-corrected chi connectivity index (χ4v) is 6.08. The Morgan fingerprint density at radius 1 is 1.47 bits per heavy atom. The first kappa shape index (κ1) is 11.6. The van der Waals surface area contributed by atoms with Crippen molar-refractivity contribution in [2.45, 2.75) is 33.1 Å². The Morgan fingerprint density at radius 2 is 2.07 bits per heavy atom. The summed E-state index contributed by atoms with van der Waals surface area (Å²) in [6, 6.07) is 0. The Hall–Kier alpha value is 0.1000. The Bertz CT molecular complexity index is 416. The normalized spacial score (nSPS) is 45.0. The molecule has 3 atom stereocenters. The van der Waals surface area contributed by atoms with E-state index in [-0.39, 0.29) is 22.9 Å². The standard InChI is InChI=1S/C10H15BrO3S/c1-9-4-3-7(5-8(9)12)10(9,2)6-15(11,13)14/h7H,3-6H2,1-2H3. The molecule has 0 aromatic heterocycles. The van der Waals surface area contributed by atoms with Crippen molar-refractivity contribution in [3.05, 3.63) is 0 Å². The minimum atomic E-state index is -3.19. The molecule has 0 spiro atoms. The number of hydrogen-bond donors (Lipinski definition) is 0. The maximum absolute atomic E-state index is 11.8. The van der Waals surface area contributed by atoms with Crippen LogP contribution in [0.2, 0.25) is 0 Å². The third-order valence-electron chi connectivity index (χ3n) is 4.67. The molecular formula is C10H15BrO3S. The summed E-state index contributed by atoms with van der Waals surface area (Å²) in [5.74, 6) is 0.576. The van der Waals surface area contributed by atoms with Gasteiger partial charge in [0.1, 0.15) is 5.78 Å². The summed E-state index contributed by atoms with van der Waals surface area (Å²) in [4.78, 5) is 11.8. The van der Waals surface area contributed by atoms with E-state index in [0.717, 1.165) is 12.8 Å². The van der Waals surface area contributed by atoms with Crippen molar-refractivity contribution in [3.63, 3.8) is 0 Å². The van der Waals surface area contributed by atoms with Crippen LogP contribution < -0.4 is 0 Å². The maximum atomic E-state index is 11.8. The lowest BCUT2D eigenvalue weighted by Crippen LogP contribution is -2.39. The second kappa shape index (κ2) is 3.06. The highest BCUT2D eigenvalue weighted by Gasteiger charge is 2.64. The van der Waals surface area contributed by atoms with Crippen molar-refractivity contribution in [3.8, 4) is 0 Å². The van der Waals surface area contributed by atoms with E-state index >= 15 is 0 Å². The topological polar surface area (TPSA) is 51.2 Å². The summed E-state index contributed by atoms with van der Waals surface area (Å²) in [6.07, 6.45) is 2.40. The molecule has 2 fully saturated rings. The van der Waals surface area contributed by atoms with Gasteiger partial charge in [-0.15, -0.1) is 0 Å². The van der Waals surface area contributed by atoms with E-state index in [9.17, 15) is 13.2 Å². The van der Waals surface area contributed by atoms with Crippen molar-refractivity contribution < 1.29 is 13.2 Å². The predicted molar refractivity (Wildman–Crippen MR) is 61.3 cm³/mol. The summed E-state index contributed by atoms with van der Waals surface area (Å²) in [7, 11) is -3.19. The summed E-state index contributed by atoms with van der Waals surface area (Å²) in [5.41, 5.74) is -0.787. The highest BCUT2D eigenvalue weighted by molar-refractivity contribution is 9.47. The Labute approximate surface area is 97.7 Å². The van der Waals surface area contributed by atoms with E-state index in [2.05, 4.69) is 14.8 Å². The summed E-state index contributed by atoms with van der Waals surface area (Å²) >= 11 is 2.71. The van der Waals surface area contributed by atoms with Gasteiger partial charge in [0, 0.05) is 11.8 Å². The van der Waals surface area contributed by atoms with Gasteiger partial charge in [-0.2, -0.15) is 0 Å². The number of Topliss-reactive ketones (excluding diaryl/α,β-unsaturated/α-hetero) is 1. The minimum absolute atomic E-state index is 0.0763. The molecule has 0 saturated heterocycles. The number of carbonyl (C=O) groups is 1. The molecular weight excluding hydrogens is 280 g/mol. The van der Waals surface area contributed by atoms with Gasteiger partial charge in [0.15, 0.2) is 0 Å². The average Bonchev–Trinajstić information content (AvgIpc) is 2.35. The molecule has 3 nitrogen and oxygen atoms in total. The van der Waals surface area contributed by atoms with E-state index in [0.29, 0.717) is 6.42 Å². The minimum Gasteiger partial charge on any atom is -0.299 e. The van der Waals surface area contributed by atoms with Crippen molar-refractivity contribution in [2.75, 3.05) is 5.75 Å². The first-order chi connectivity index (χ1) is 6.69. The van der Waals surface area contributed by atoms with Crippen LogP contribution in [0, 0.1) is 16.7 Å². The number of fused-ring (bicyclic) bond motifs is 2. The first-order valence-corrected chi connectivity index (χ1v) is 8.64. The highest BCUT2D eigenvalue weighted by Crippen LogP contribution is 2.64. The van der Waals surface area contributed by atoms with Crippen LogP contribution in [0.5, 0.6) is 0 Å². The zero-order chi connectivity index (χ0) is 11.5. The van der Waals surface area contributed by atoms with Crippen LogP contribution in [-0.2, 0) is 13.1 Å². The fraction of sp³-hybridized carbons (Fsp3) is 0.900. The molecule has 2 rings (SSSR count). The van der Waals surface area contributed by atoms with Crippen LogP contribution in [0.15, 0.2) is 0 Å². The third kappa shape index (κ3) is 1.50. The van der Waals surface area contributed by atoms with Gasteiger partial charge in [-0.25, -0.2) is 8.42 Å². The largest absolute Gasteiger partial charge is 0.299 e. The van der Waals surface area contributed by atoms with Gasteiger partial charge >= 0.3 is 0 Å². The molecule has 0 aromatic carbocycles. The summed E-state index contributed by atoms with van der Waals surface area (Å²) < 4.78 is 22.7. The second-order valence-corrected chi connectivity index (χ2v) is 9.62. The average molecular weight is 295 g/mol. The zero-order valence-electron chi connectivity index (χ0n) is 8.92. The lowest BCUT2D eigenvalue weighted by atomic mass is 9.70. The lowest BCUT2D eigenvalue weighted by Gasteiger charge is -2.35. The summed E-state index contributed by atoms with van der Waals surface area (Å²) in [6.45, 7) is 3.88. The number of hydrogen-bond acceptors (Lipinski definition) is 3. The van der Waals surface area contributed by atoms with Gasteiger partial charge < -0.3 is 0 Å². The molecule has 0 heterocycles. The molecule has 15 heavy (non-hydrogen) atoms. The smallest absolute Gasteiger partial charge is 0.209 e. The predicted octanol–water partition coefficient (Wildman–Crippen LogP) is 2.11. The van der Waals surface area contributed by atoms with Crippen molar-refractivity contribution in [1.82, 2.24) is 0 Å². The van der Waals surface area contributed by atoms with Crippen LogP contribution in [0.4, 0.5) is 0 Å². The molecule has 5 heteroatoms. The van der Waals surface area contributed by atoms with Crippen LogP contribution in [-0.4, -0.2) is 20.0 Å². The van der Waals surface area contributed by atoms with E-state index in [4.69, 9.17) is 0 Å². The first-order valence-electron chi connectivity index (χ1n) is 5.15. The van der Waals surface area contributed by atoms with Crippen molar-refractivity contribution >= 4 is 28.9 Å². The summed E-state index contributed by atoms with van der Waals surface area (Å²) in [5, 5.41) is 0. The third-order valence-corrected chi connectivity index (χ3v) is 6.31. The van der Waals surface area contributed by atoms with Gasteiger partial charge in [-0.05, 0) is 24.2 Å². The van der Waals surface area contributed by atoms with Crippen molar-refractivity contribution in [1.29, 1.82) is 0 Å². The number of carbonyl (C=O) groups excluding carboxylic acids is 1. The monoisotopic (exact) mass is 294 g/mol. The van der Waals surface area contributed by atoms with Gasteiger partial charge in [0.2, 0.25) is 8.27 Å². The number of rotatable bonds is 2. The van der Waals surface area contributed by atoms with Crippen molar-refractivity contribution in [2.24, 2.45) is 16.7 Å². The van der Waals surface area contributed by atoms with Gasteiger partial charge in [-0.1, -0.05) is 13.8 Å². The van der Waals surface area contributed by atoms with E-state index in [1.54, 1.807) is 0 Å². The number of ketones is 1. The molecule has 2 bridgehead atoms. The molecule has 3 unspecified atom stereocenters. The molecule has 0 radical (unpaired) electrons. The second-order valence-electron chi connectivity index (χ2n) is 5.30. The lowest BCUT2D eigenvalue weighted by molar-refractivity contribution is -0.128. The van der Waals surface area contributed by atoms with Gasteiger partial charge in [0.05, 0.1) is 20.6 Å². The molecule has 2 aliphatic carbocycles. The van der Waals surface area contributed by atoms with E-state index in [1.165, 1.54) is 0 Å². The van der Waals surface area contributed by atoms with Crippen LogP contribution in [0.25, 0.3) is 0 Å². The zero-order valence-corrected chi connectivity index (χ0v) is 11.3. The maximum Gasteiger partial charge on any atom is 0.209 e. The Balaban J connectivity index is 2.41. The molecule has 0 aromatic rings. The highest BCUT2D eigenvalue weighted by atomic mass is 79.9. The molecule has 2 saturated carbocycles. The Morgan fingerprint density at radius 3 is 2.40 bits per heavy atom. The Kier molecular flexibility index (Phi) is 2.37. The molecule has 0 N–H and O–H groups in total. The number of halogens is 1. The van der Waals surface area contributed by atoms with E-state index in [1.807, 2.05) is 13.8 Å². The van der Waals surface area contributed by atoms with Crippen LogP contribution in [0.1, 0.15) is 33.1 Å². The fourth-order valence-electron chi connectivity index (χ4n) is 3.39. The SMILES string of the molecule is CC12CCC(CC1=O)C2(C)CS(=O)(=O)Br. The molecule has 2 aliphatic rings. The van der Waals surface area contributed by atoms with Crippen LogP contribution >= 0.6 is 14.8 Å². The molecule has 86 valence electrons. The molecule has 0 amide bonds.